The molecule has 4 nitrogen and oxygen atoms in total. The molecule has 1 fully saturated rings. The third-order valence-electron chi connectivity index (χ3n) is 4.44. The van der Waals surface area contributed by atoms with Gasteiger partial charge < -0.3 is 14.4 Å². The summed E-state index contributed by atoms with van der Waals surface area (Å²) in [4.78, 5) is 14.7. The van der Waals surface area contributed by atoms with Crippen molar-refractivity contribution in [2.45, 2.75) is 51.6 Å². The summed E-state index contributed by atoms with van der Waals surface area (Å²) in [5.74, 6) is 1.75. The third-order valence-corrected chi connectivity index (χ3v) is 4.44. The quantitative estimate of drug-likeness (QED) is 0.840. The van der Waals surface area contributed by atoms with Crippen molar-refractivity contribution in [2.75, 3.05) is 13.2 Å². The first-order valence-corrected chi connectivity index (χ1v) is 7.85. The molecule has 0 radical (unpaired) electrons. The highest BCUT2D eigenvalue weighted by Crippen LogP contribution is 2.31. The molecule has 0 aromatic heterocycles. The molecule has 3 rings (SSSR count). The molecule has 2 unspecified atom stereocenters. The molecule has 4 heteroatoms. The topological polar surface area (TPSA) is 38.8 Å². The Balaban J connectivity index is 1.72. The molecule has 0 N–H and O–H groups in total. The van der Waals surface area contributed by atoms with Crippen LogP contribution in [0.15, 0.2) is 18.2 Å². The van der Waals surface area contributed by atoms with Crippen LogP contribution in [-0.2, 0) is 11.2 Å². The van der Waals surface area contributed by atoms with E-state index in [4.69, 9.17) is 9.47 Å². The maximum atomic E-state index is 12.6. The largest absolute Gasteiger partial charge is 0.486 e. The molecule has 0 aliphatic carbocycles. The average Bonchev–Trinajstić information content (AvgIpc) is 2.47. The molecule has 2 atom stereocenters. The van der Waals surface area contributed by atoms with Gasteiger partial charge in [0.2, 0.25) is 5.91 Å². The molecule has 0 bridgehead atoms. The first-order chi connectivity index (χ1) is 10.1. The van der Waals surface area contributed by atoms with Crippen LogP contribution in [0.4, 0.5) is 0 Å². The van der Waals surface area contributed by atoms with Gasteiger partial charge in [-0.15, -0.1) is 0 Å². The zero-order valence-corrected chi connectivity index (χ0v) is 12.8. The number of benzene rings is 1. The number of piperidine rings is 1. The molecule has 2 aliphatic rings. The second-order valence-corrected chi connectivity index (χ2v) is 6.08. The van der Waals surface area contributed by atoms with E-state index in [1.165, 1.54) is 6.42 Å². The Kier molecular flexibility index (Phi) is 4.04. The van der Waals surface area contributed by atoms with Crippen molar-refractivity contribution in [3.8, 4) is 11.5 Å². The molecule has 2 heterocycles. The highest BCUT2D eigenvalue weighted by Gasteiger charge is 2.28. The van der Waals surface area contributed by atoms with E-state index in [-0.39, 0.29) is 5.91 Å². The van der Waals surface area contributed by atoms with Crippen molar-refractivity contribution in [2.24, 2.45) is 0 Å². The summed E-state index contributed by atoms with van der Waals surface area (Å²) in [6, 6.07) is 6.49. The number of nitrogens with zero attached hydrogens (tertiary/aromatic N) is 1. The lowest BCUT2D eigenvalue weighted by atomic mass is 9.96. The predicted molar refractivity (Wildman–Crippen MR) is 80.8 cm³/mol. The first-order valence-electron chi connectivity index (χ1n) is 7.85. The molecular formula is C17H23NO3. The van der Waals surface area contributed by atoms with Crippen LogP contribution in [0.3, 0.4) is 0 Å². The van der Waals surface area contributed by atoms with Crippen molar-refractivity contribution in [3.05, 3.63) is 23.8 Å². The van der Waals surface area contributed by atoms with Crippen molar-refractivity contribution in [1.29, 1.82) is 0 Å². The van der Waals surface area contributed by atoms with Crippen molar-refractivity contribution < 1.29 is 14.3 Å². The van der Waals surface area contributed by atoms with Crippen LogP contribution in [0.1, 0.15) is 38.7 Å². The zero-order valence-electron chi connectivity index (χ0n) is 12.8. The summed E-state index contributed by atoms with van der Waals surface area (Å²) >= 11 is 0. The minimum atomic E-state index is 0.214. The maximum Gasteiger partial charge on any atom is 0.227 e. The zero-order chi connectivity index (χ0) is 14.8. The molecular weight excluding hydrogens is 266 g/mol. The number of carbonyl (C=O) groups is 1. The summed E-state index contributed by atoms with van der Waals surface area (Å²) in [5.41, 5.74) is 0.995. The normalized spacial score (nSPS) is 24.8. The van der Waals surface area contributed by atoms with Gasteiger partial charge in [-0.25, -0.2) is 0 Å². The van der Waals surface area contributed by atoms with Gasteiger partial charge in [0.1, 0.15) is 13.2 Å². The minimum Gasteiger partial charge on any atom is -0.486 e. The number of rotatable bonds is 2. The van der Waals surface area contributed by atoms with E-state index >= 15 is 0 Å². The predicted octanol–water partition coefficient (Wildman–Crippen LogP) is 2.79. The van der Waals surface area contributed by atoms with Gasteiger partial charge in [0.15, 0.2) is 11.5 Å². The lowest BCUT2D eigenvalue weighted by Gasteiger charge is -2.39. The highest BCUT2D eigenvalue weighted by molar-refractivity contribution is 5.79. The van der Waals surface area contributed by atoms with Gasteiger partial charge in [-0.3, -0.25) is 4.79 Å². The molecule has 1 saturated heterocycles. The van der Waals surface area contributed by atoms with Gasteiger partial charge >= 0.3 is 0 Å². The van der Waals surface area contributed by atoms with E-state index in [1.54, 1.807) is 0 Å². The van der Waals surface area contributed by atoms with Gasteiger partial charge in [-0.05, 0) is 50.8 Å². The summed E-state index contributed by atoms with van der Waals surface area (Å²) in [6.45, 7) is 5.47. The van der Waals surface area contributed by atoms with E-state index in [0.717, 1.165) is 29.9 Å². The Bertz CT molecular complexity index is 519. The molecule has 0 spiro atoms. The van der Waals surface area contributed by atoms with E-state index in [9.17, 15) is 4.79 Å². The Labute approximate surface area is 126 Å². The van der Waals surface area contributed by atoms with Gasteiger partial charge in [0.05, 0.1) is 6.42 Å². The fraction of sp³-hybridized carbons (Fsp3) is 0.588. The van der Waals surface area contributed by atoms with Crippen LogP contribution < -0.4 is 9.47 Å². The first kappa shape index (κ1) is 14.2. The second-order valence-electron chi connectivity index (χ2n) is 6.08. The van der Waals surface area contributed by atoms with Gasteiger partial charge in [-0.1, -0.05) is 6.07 Å². The van der Waals surface area contributed by atoms with Crippen LogP contribution >= 0.6 is 0 Å². The van der Waals surface area contributed by atoms with E-state index in [2.05, 4.69) is 18.7 Å². The van der Waals surface area contributed by atoms with E-state index in [0.29, 0.717) is 31.7 Å². The van der Waals surface area contributed by atoms with Crippen LogP contribution in [0.2, 0.25) is 0 Å². The van der Waals surface area contributed by atoms with Crippen molar-refractivity contribution >= 4 is 5.91 Å². The summed E-state index contributed by atoms with van der Waals surface area (Å²) in [6.07, 6.45) is 3.87. The fourth-order valence-electron chi connectivity index (χ4n) is 3.38. The molecule has 1 aromatic rings. The number of amides is 1. The number of likely N-dealkylation sites (tertiary alicyclic amines) is 1. The maximum absolute atomic E-state index is 12.6. The number of hydrogen-bond acceptors (Lipinski definition) is 3. The monoisotopic (exact) mass is 289 g/mol. The van der Waals surface area contributed by atoms with E-state index in [1.807, 2.05) is 18.2 Å². The number of hydrogen-bond donors (Lipinski definition) is 0. The van der Waals surface area contributed by atoms with Crippen molar-refractivity contribution in [3.63, 3.8) is 0 Å². The molecule has 1 aromatic carbocycles. The summed E-state index contributed by atoms with van der Waals surface area (Å²) in [5, 5.41) is 0. The Hall–Kier alpha value is -1.71. The number of ether oxygens (including phenoxy) is 2. The lowest BCUT2D eigenvalue weighted by molar-refractivity contribution is -0.136. The van der Waals surface area contributed by atoms with Crippen LogP contribution in [-0.4, -0.2) is 36.1 Å². The standard InChI is InChI=1S/C17H23NO3/c1-12-4-3-5-13(2)18(12)17(19)11-14-6-7-15-16(10-14)21-9-8-20-15/h6-7,10,12-13H,3-5,8-9,11H2,1-2H3. The lowest BCUT2D eigenvalue weighted by Crippen LogP contribution is -2.48. The fourth-order valence-corrected chi connectivity index (χ4v) is 3.38. The van der Waals surface area contributed by atoms with E-state index < -0.39 is 0 Å². The molecule has 0 saturated carbocycles. The van der Waals surface area contributed by atoms with Crippen LogP contribution in [0.25, 0.3) is 0 Å². The van der Waals surface area contributed by atoms with Crippen LogP contribution in [0.5, 0.6) is 11.5 Å². The van der Waals surface area contributed by atoms with Crippen LogP contribution in [0, 0.1) is 0 Å². The summed E-state index contributed by atoms with van der Waals surface area (Å²) < 4.78 is 11.1. The van der Waals surface area contributed by atoms with Gasteiger partial charge in [0, 0.05) is 12.1 Å². The third kappa shape index (κ3) is 2.99. The SMILES string of the molecule is CC1CCCC(C)N1C(=O)Cc1ccc2c(c1)OCCO2. The Morgan fingerprint density at radius 1 is 1.14 bits per heavy atom. The Morgan fingerprint density at radius 3 is 2.52 bits per heavy atom. The van der Waals surface area contributed by atoms with Crippen molar-refractivity contribution in [1.82, 2.24) is 4.90 Å². The molecule has 2 aliphatic heterocycles. The second kappa shape index (κ2) is 5.96. The number of fused-ring (bicyclic) bond motifs is 1. The van der Waals surface area contributed by atoms with Gasteiger partial charge in [-0.2, -0.15) is 0 Å². The summed E-state index contributed by atoms with van der Waals surface area (Å²) in [7, 11) is 0. The number of carbonyl (C=O) groups excluding carboxylic acids is 1. The Morgan fingerprint density at radius 2 is 1.81 bits per heavy atom. The van der Waals surface area contributed by atoms with Gasteiger partial charge in [0.25, 0.3) is 0 Å². The molecule has 21 heavy (non-hydrogen) atoms. The minimum absolute atomic E-state index is 0.214. The average molecular weight is 289 g/mol. The highest BCUT2D eigenvalue weighted by atomic mass is 16.6. The smallest absolute Gasteiger partial charge is 0.227 e. The molecule has 114 valence electrons. The molecule has 1 amide bonds.